The molecule has 1 atom stereocenters. The van der Waals surface area contributed by atoms with Gasteiger partial charge in [0, 0.05) is 18.8 Å². The van der Waals surface area contributed by atoms with E-state index in [1.54, 1.807) is 18.3 Å². The molecule has 0 radical (unpaired) electrons. The number of sulfonamides is 1. The van der Waals surface area contributed by atoms with Gasteiger partial charge in [-0.3, -0.25) is 0 Å². The zero-order valence-corrected chi connectivity index (χ0v) is 14.4. The standard InChI is InChI=1S/C15H27N3O2S/c1-6-9-16-10-13-7-8-14(17-11-13)21(19,20)18-12(2)15(3,4)5/h7-8,11-12,16,18H,6,9-10H2,1-5H3. The van der Waals surface area contributed by atoms with E-state index in [9.17, 15) is 8.42 Å². The predicted molar refractivity (Wildman–Crippen MR) is 85.5 cm³/mol. The summed E-state index contributed by atoms with van der Waals surface area (Å²) in [4.78, 5) is 4.07. The van der Waals surface area contributed by atoms with Crippen molar-refractivity contribution in [1.82, 2.24) is 15.0 Å². The maximum Gasteiger partial charge on any atom is 0.258 e. The normalized spacial score (nSPS) is 14.1. The molecule has 0 bridgehead atoms. The molecular formula is C15H27N3O2S. The summed E-state index contributed by atoms with van der Waals surface area (Å²) in [6, 6.07) is 3.18. The largest absolute Gasteiger partial charge is 0.313 e. The second-order valence-corrected chi connectivity index (χ2v) is 8.05. The van der Waals surface area contributed by atoms with Gasteiger partial charge in [-0.1, -0.05) is 33.8 Å². The minimum Gasteiger partial charge on any atom is -0.313 e. The third kappa shape index (κ3) is 5.73. The molecule has 1 aromatic heterocycles. The minimum absolute atomic E-state index is 0.0674. The van der Waals surface area contributed by atoms with E-state index in [2.05, 4.69) is 21.9 Å². The first-order chi connectivity index (χ1) is 9.66. The SMILES string of the molecule is CCCNCc1ccc(S(=O)(=O)NC(C)C(C)(C)C)nc1. The molecule has 0 aliphatic rings. The molecule has 0 saturated carbocycles. The topological polar surface area (TPSA) is 71.1 Å². The zero-order valence-electron chi connectivity index (χ0n) is 13.6. The Labute approximate surface area is 128 Å². The van der Waals surface area contributed by atoms with Crippen LogP contribution in [0, 0.1) is 5.41 Å². The summed E-state index contributed by atoms with van der Waals surface area (Å²) in [5.41, 5.74) is 0.836. The highest BCUT2D eigenvalue weighted by atomic mass is 32.2. The van der Waals surface area contributed by atoms with Crippen LogP contribution in [0.5, 0.6) is 0 Å². The smallest absolute Gasteiger partial charge is 0.258 e. The van der Waals surface area contributed by atoms with Gasteiger partial charge in [0.25, 0.3) is 10.0 Å². The first-order valence-corrected chi connectivity index (χ1v) is 8.83. The molecule has 0 aromatic carbocycles. The van der Waals surface area contributed by atoms with Gasteiger partial charge in [0.2, 0.25) is 0 Å². The molecule has 0 spiro atoms. The lowest BCUT2D eigenvalue weighted by Crippen LogP contribution is -2.41. The van der Waals surface area contributed by atoms with E-state index in [0.29, 0.717) is 6.54 Å². The van der Waals surface area contributed by atoms with Gasteiger partial charge in [-0.25, -0.2) is 18.1 Å². The third-order valence-corrected chi connectivity index (χ3v) is 4.92. The molecule has 0 aliphatic heterocycles. The lowest BCUT2D eigenvalue weighted by Gasteiger charge is -2.27. The Hall–Kier alpha value is -0.980. The quantitative estimate of drug-likeness (QED) is 0.758. The van der Waals surface area contributed by atoms with Crippen molar-refractivity contribution >= 4 is 10.0 Å². The Bertz CT molecular complexity index is 533. The Kier molecular flexibility index (Phi) is 6.31. The summed E-state index contributed by atoms with van der Waals surface area (Å²) in [6.07, 6.45) is 2.67. The Balaban J connectivity index is 2.76. The first-order valence-electron chi connectivity index (χ1n) is 7.35. The Morgan fingerprint density at radius 3 is 2.43 bits per heavy atom. The Morgan fingerprint density at radius 1 is 1.29 bits per heavy atom. The van der Waals surface area contributed by atoms with Gasteiger partial charge in [0.1, 0.15) is 0 Å². The van der Waals surface area contributed by atoms with Gasteiger partial charge < -0.3 is 5.32 Å². The van der Waals surface area contributed by atoms with E-state index in [0.717, 1.165) is 18.5 Å². The van der Waals surface area contributed by atoms with Crippen molar-refractivity contribution in [2.45, 2.75) is 58.7 Å². The molecule has 1 aromatic rings. The van der Waals surface area contributed by atoms with Gasteiger partial charge in [0.05, 0.1) is 0 Å². The molecule has 2 N–H and O–H groups in total. The van der Waals surface area contributed by atoms with Crippen LogP contribution in [0.3, 0.4) is 0 Å². The Morgan fingerprint density at radius 2 is 1.95 bits per heavy atom. The fraction of sp³-hybridized carbons (Fsp3) is 0.667. The van der Waals surface area contributed by atoms with Gasteiger partial charge in [0.15, 0.2) is 5.03 Å². The van der Waals surface area contributed by atoms with Crippen LogP contribution in [0.2, 0.25) is 0 Å². The van der Waals surface area contributed by atoms with Crippen LogP contribution < -0.4 is 10.0 Å². The van der Waals surface area contributed by atoms with Gasteiger partial charge in [-0.2, -0.15) is 0 Å². The van der Waals surface area contributed by atoms with Crippen LogP contribution in [0.15, 0.2) is 23.4 Å². The minimum atomic E-state index is -3.57. The monoisotopic (exact) mass is 313 g/mol. The van der Waals surface area contributed by atoms with Crippen LogP contribution >= 0.6 is 0 Å². The fourth-order valence-electron chi connectivity index (χ4n) is 1.55. The maximum absolute atomic E-state index is 12.3. The van der Waals surface area contributed by atoms with Crippen molar-refractivity contribution in [1.29, 1.82) is 0 Å². The van der Waals surface area contributed by atoms with E-state index >= 15 is 0 Å². The molecule has 6 heteroatoms. The third-order valence-electron chi connectivity index (χ3n) is 3.46. The molecule has 0 fully saturated rings. The number of aromatic nitrogens is 1. The van der Waals surface area contributed by atoms with Crippen LogP contribution in [0.25, 0.3) is 0 Å². The van der Waals surface area contributed by atoms with E-state index in [-0.39, 0.29) is 16.5 Å². The second kappa shape index (κ2) is 7.33. The van der Waals surface area contributed by atoms with E-state index < -0.39 is 10.0 Å². The molecular weight excluding hydrogens is 286 g/mol. The van der Waals surface area contributed by atoms with Gasteiger partial charge in [-0.15, -0.1) is 0 Å². The molecule has 0 saturated heterocycles. The zero-order chi connectivity index (χ0) is 16.1. The predicted octanol–water partition coefficient (Wildman–Crippen LogP) is 2.29. The summed E-state index contributed by atoms with van der Waals surface area (Å²) in [5.74, 6) is 0. The van der Waals surface area contributed by atoms with Gasteiger partial charge in [-0.05, 0) is 36.9 Å². The fourth-order valence-corrected chi connectivity index (χ4v) is 2.93. The van der Waals surface area contributed by atoms with Crippen molar-refractivity contribution in [3.63, 3.8) is 0 Å². The van der Waals surface area contributed by atoms with Crippen LogP contribution in [0.1, 0.15) is 46.6 Å². The number of nitrogens with one attached hydrogen (secondary N) is 2. The number of nitrogens with zero attached hydrogens (tertiary/aromatic N) is 1. The second-order valence-electron chi connectivity index (χ2n) is 6.39. The average Bonchev–Trinajstić information content (AvgIpc) is 2.38. The number of hydrogen-bond acceptors (Lipinski definition) is 4. The molecule has 1 heterocycles. The van der Waals surface area contributed by atoms with Crippen LogP contribution in [0.4, 0.5) is 0 Å². The van der Waals surface area contributed by atoms with Crippen molar-refractivity contribution in [2.24, 2.45) is 5.41 Å². The van der Waals surface area contributed by atoms with E-state index in [1.165, 1.54) is 0 Å². The maximum atomic E-state index is 12.3. The molecule has 1 rings (SSSR count). The van der Waals surface area contributed by atoms with E-state index in [4.69, 9.17) is 0 Å². The summed E-state index contributed by atoms with van der Waals surface area (Å²) >= 11 is 0. The average molecular weight is 313 g/mol. The van der Waals surface area contributed by atoms with Crippen LogP contribution in [-0.2, 0) is 16.6 Å². The summed E-state index contributed by atoms with van der Waals surface area (Å²) < 4.78 is 27.2. The van der Waals surface area contributed by atoms with Crippen LogP contribution in [-0.4, -0.2) is 26.0 Å². The van der Waals surface area contributed by atoms with E-state index in [1.807, 2.05) is 27.7 Å². The molecule has 21 heavy (non-hydrogen) atoms. The van der Waals surface area contributed by atoms with Crippen molar-refractivity contribution in [2.75, 3.05) is 6.54 Å². The summed E-state index contributed by atoms with van der Waals surface area (Å²) in [5, 5.41) is 3.32. The summed E-state index contributed by atoms with van der Waals surface area (Å²) in [7, 11) is -3.57. The number of pyridine rings is 1. The van der Waals surface area contributed by atoms with Crippen molar-refractivity contribution < 1.29 is 8.42 Å². The molecule has 0 amide bonds. The first kappa shape index (κ1) is 18.1. The number of rotatable bonds is 7. The molecule has 1 unspecified atom stereocenters. The lowest BCUT2D eigenvalue weighted by atomic mass is 9.89. The molecule has 5 nitrogen and oxygen atoms in total. The highest BCUT2D eigenvalue weighted by Gasteiger charge is 2.26. The van der Waals surface area contributed by atoms with Crippen molar-refractivity contribution in [3.05, 3.63) is 23.9 Å². The van der Waals surface area contributed by atoms with Crippen molar-refractivity contribution in [3.8, 4) is 0 Å². The molecule has 0 aliphatic carbocycles. The lowest BCUT2D eigenvalue weighted by molar-refractivity contribution is 0.317. The number of hydrogen-bond donors (Lipinski definition) is 2. The summed E-state index contributed by atoms with van der Waals surface area (Å²) in [6.45, 7) is 11.6. The highest BCUT2D eigenvalue weighted by molar-refractivity contribution is 7.89. The highest BCUT2D eigenvalue weighted by Crippen LogP contribution is 2.20. The molecule has 120 valence electrons. The van der Waals surface area contributed by atoms with Gasteiger partial charge >= 0.3 is 0 Å².